The van der Waals surface area contributed by atoms with Gasteiger partial charge in [-0.05, 0) is 41.7 Å². The van der Waals surface area contributed by atoms with Gasteiger partial charge >= 0.3 is 0 Å². The molecule has 1 aliphatic heterocycles. The smallest absolute Gasteiger partial charge is 0.253 e. The summed E-state index contributed by atoms with van der Waals surface area (Å²) < 4.78 is 0. The minimum Gasteiger partial charge on any atom is -0.353 e. The molecule has 1 aliphatic rings. The van der Waals surface area contributed by atoms with Gasteiger partial charge in [0.2, 0.25) is 5.91 Å². The highest BCUT2D eigenvalue weighted by Crippen LogP contribution is 2.21. The lowest BCUT2D eigenvalue weighted by molar-refractivity contribution is -0.121. The SMILES string of the molecule is O=C(Cc1ccccc1)NC1CCN(C(=O)c2ccc(-c3ccccc3)cc2)CC1. The maximum Gasteiger partial charge on any atom is 0.253 e. The summed E-state index contributed by atoms with van der Waals surface area (Å²) >= 11 is 0. The van der Waals surface area contributed by atoms with Crippen molar-refractivity contribution >= 4 is 11.8 Å². The molecule has 1 saturated heterocycles. The van der Waals surface area contributed by atoms with Crippen molar-refractivity contribution in [3.8, 4) is 11.1 Å². The van der Waals surface area contributed by atoms with Crippen LogP contribution >= 0.6 is 0 Å². The highest BCUT2D eigenvalue weighted by atomic mass is 16.2. The minimum absolute atomic E-state index is 0.0440. The topological polar surface area (TPSA) is 49.4 Å². The third-order valence-corrected chi connectivity index (χ3v) is 5.59. The van der Waals surface area contributed by atoms with Crippen LogP contribution in [0.3, 0.4) is 0 Å². The maximum absolute atomic E-state index is 12.9. The molecule has 3 aromatic carbocycles. The van der Waals surface area contributed by atoms with E-state index in [1.54, 1.807) is 0 Å². The zero-order valence-electron chi connectivity index (χ0n) is 17.0. The van der Waals surface area contributed by atoms with E-state index in [0.717, 1.165) is 29.5 Å². The Labute approximate surface area is 177 Å². The lowest BCUT2D eigenvalue weighted by atomic mass is 10.0. The van der Waals surface area contributed by atoms with Crippen molar-refractivity contribution in [2.24, 2.45) is 0 Å². The molecule has 0 spiro atoms. The molecule has 0 aliphatic carbocycles. The Morgan fingerprint density at radius 3 is 1.97 bits per heavy atom. The second-order valence-electron chi connectivity index (χ2n) is 7.74. The van der Waals surface area contributed by atoms with Crippen molar-refractivity contribution < 1.29 is 9.59 Å². The summed E-state index contributed by atoms with van der Waals surface area (Å²) in [6.07, 6.45) is 1.97. The minimum atomic E-state index is 0.0440. The molecule has 0 aromatic heterocycles. The first kappa shape index (κ1) is 19.9. The molecular weight excluding hydrogens is 372 g/mol. The van der Waals surface area contributed by atoms with Crippen molar-refractivity contribution in [1.82, 2.24) is 10.2 Å². The third kappa shape index (κ3) is 4.95. The van der Waals surface area contributed by atoms with Crippen LogP contribution in [0.1, 0.15) is 28.8 Å². The Balaban J connectivity index is 1.28. The number of hydrogen-bond donors (Lipinski definition) is 1. The van der Waals surface area contributed by atoms with Crippen molar-refractivity contribution in [3.63, 3.8) is 0 Å². The van der Waals surface area contributed by atoms with E-state index in [1.807, 2.05) is 77.7 Å². The van der Waals surface area contributed by atoms with Crippen LogP contribution in [0.25, 0.3) is 11.1 Å². The van der Waals surface area contributed by atoms with Gasteiger partial charge in [-0.2, -0.15) is 0 Å². The summed E-state index contributed by atoms with van der Waals surface area (Å²) in [7, 11) is 0. The quantitative estimate of drug-likeness (QED) is 0.696. The lowest BCUT2D eigenvalue weighted by Gasteiger charge is -2.32. The van der Waals surface area contributed by atoms with E-state index >= 15 is 0 Å². The number of rotatable bonds is 5. The Morgan fingerprint density at radius 1 is 0.767 bits per heavy atom. The fourth-order valence-electron chi connectivity index (χ4n) is 3.91. The van der Waals surface area contributed by atoms with Crippen LogP contribution in [0.15, 0.2) is 84.9 Å². The van der Waals surface area contributed by atoms with Gasteiger partial charge in [0.25, 0.3) is 5.91 Å². The number of likely N-dealkylation sites (tertiary alicyclic amines) is 1. The highest BCUT2D eigenvalue weighted by Gasteiger charge is 2.24. The summed E-state index contributed by atoms with van der Waals surface area (Å²) in [5.41, 5.74) is 3.97. The Hall–Kier alpha value is -3.40. The Bertz CT molecular complexity index is 977. The van der Waals surface area contributed by atoms with Crippen LogP contribution in [0, 0.1) is 0 Å². The van der Waals surface area contributed by atoms with Crippen LogP contribution in [0.4, 0.5) is 0 Å². The van der Waals surface area contributed by atoms with Gasteiger partial charge in [-0.25, -0.2) is 0 Å². The number of benzene rings is 3. The molecule has 1 fully saturated rings. The normalized spacial score (nSPS) is 14.3. The van der Waals surface area contributed by atoms with E-state index in [4.69, 9.17) is 0 Å². The molecule has 4 rings (SSSR count). The molecule has 0 atom stereocenters. The zero-order valence-corrected chi connectivity index (χ0v) is 17.0. The average molecular weight is 399 g/mol. The van der Waals surface area contributed by atoms with E-state index in [-0.39, 0.29) is 17.9 Å². The first-order chi connectivity index (χ1) is 14.7. The van der Waals surface area contributed by atoms with Crippen molar-refractivity contribution in [1.29, 1.82) is 0 Å². The summed E-state index contributed by atoms with van der Waals surface area (Å²) in [5, 5.41) is 3.12. The summed E-state index contributed by atoms with van der Waals surface area (Å²) in [4.78, 5) is 27.0. The summed E-state index contributed by atoms with van der Waals surface area (Å²) in [6, 6.07) is 27.8. The van der Waals surface area contributed by atoms with E-state index in [0.29, 0.717) is 25.1 Å². The maximum atomic E-state index is 12.9. The number of amides is 2. The first-order valence-electron chi connectivity index (χ1n) is 10.5. The lowest BCUT2D eigenvalue weighted by Crippen LogP contribution is -2.46. The van der Waals surface area contributed by atoms with Crippen molar-refractivity contribution in [2.75, 3.05) is 13.1 Å². The van der Waals surface area contributed by atoms with Gasteiger partial charge in [0.05, 0.1) is 6.42 Å². The number of carbonyl (C=O) groups excluding carboxylic acids is 2. The van der Waals surface area contributed by atoms with Gasteiger partial charge in [-0.1, -0.05) is 72.8 Å². The number of nitrogens with zero attached hydrogens (tertiary/aromatic N) is 1. The second-order valence-corrected chi connectivity index (χ2v) is 7.74. The number of nitrogens with one attached hydrogen (secondary N) is 1. The van der Waals surface area contributed by atoms with E-state index in [1.165, 1.54) is 0 Å². The summed E-state index contributed by atoms with van der Waals surface area (Å²) in [6.45, 7) is 1.32. The molecule has 3 aromatic rings. The molecule has 30 heavy (non-hydrogen) atoms. The van der Waals surface area contributed by atoms with Crippen LogP contribution in [-0.4, -0.2) is 35.8 Å². The van der Waals surface area contributed by atoms with Gasteiger partial charge in [0, 0.05) is 24.7 Å². The molecule has 0 saturated carbocycles. The van der Waals surface area contributed by atoms with Crippen LogP contribution in [0.2, 0.25) is 0 Å². The third-order valence-electron chi connectivity index (χ3n) is 5.59. The van der Waals surface area contributed by atoms with E-state index < -0.39 is 0 Å². The number of hydrogen-bond acceptors (Lipinski definition) is 2. The van der Waals surface area contributed by atoms with E-state index in [2.05, 4.69) is 17.4 Å². The molecule has 0 bridgehead atoms. The van der Waals surface area contributed by atoms with Gasteiger partial charge in [0.1, 0.15) is 0 Å². The number of carbonyl (C=O) groups is 2. The fourth-order valence-corrected chi connectivity index (χ4v) is 3.91. The molecule has 2 amide bonds. The zero-order chi connectivity index (χ0) is 20.8. The molecule has 1 heterocycles. The van der Waals surface area contributed by atoms with E-state index in [9.17, 15) is 9.59 Å². The average Bonchev–Trinajstić information content (AvgIpc) is 2.80. The summed E-state index contributed by atoms with van der Waals surface area (Å²) in [5.74, 6) is 0.103. The predicted molar refractivity (Wildman–Crippen MR) is 119 cm³/mol. The molecule has 152 valence electrons. The molecule has 0 unspecified atom stereocenters. The second kappa shape index (κ2) is 9.40. The molecule has 4 nitrogen and oxygen atoms in total. The van der Waals surface area contributed by atoms with Crippen LogP contribution in [-0.2, 0) is 11.2 Å². The monoisotopic (exact) mass is 398 g/mol. The Morgan fingerprint density at radius 2 is 1.33 bits per heavy atom. The molecule has 0 radical (unpaired) electrons. The van der Waals surface area contributed by atoms with Gasteiger partial charge in [-0.15, -0.1) is 0 Å². The van der Waals surface area contributed by atoms with Crippen LogP contribution in [0.5, 0.6) is 0 Å². The molecular formula is C26H26N2O2. The van der Waals surface area contributed by atoms with Gasteiger partial charge in [-0.3, -0.25) is 9.59 Å². The Kier molecular flexibility index (Phi) is 6.23. The standard InChI is InChI=1S/C26H26N2O2/c29-25(19-20-7-3-1-4-8-20)27-24-15-17-28(18-16-24)26(30)23-13-11-22(12-14-23)21-9-5-2-6-10-21/h1-14,24H,15-19H2,(H,27,29). The predicted octanol–water partition coefficient (Wildman–Crippen LogP) is 4.32. The van der Waals surface area contributed by atoms with Gasteiger partial charge < -0.3 is 10.2 Å². The number of piperidine rings is 1. The molecule has 4 heteroatoms. The molecule has 1 N–H and O–H groups in total. The van der Waals surface area contributed by atoms with Gasteiger partial charge in [0.15, 0.2) is 0 Å². The van der Waals surface area contributed by atoms with Crippen molar-refractivity contribution in [2.45, 2.75) is 25.3 Å². The first-order valence-corrected chi connectivity index (χ1v) is 10.5. The van der Waals surface area contributed by atoms with Crippen molar-refractivity contribution in [3.05, 3.63) is 96.1 Å². The fraction of sp³-hybridized carbons (Fsp3) is 0.231. The largest absolute Gasteiger partial charge is 0.353 e. The highest BCUT2D eigenvalue weighted by molar-refractivity contribution is 5.94. The van der Waals surface area contributed by atoms with Crippen LogP contribution < -0.4 is 5.32 Å².